The van der Waals surface area contributed by atoms with Crippen molar-refractivity contribution in [1.29, 1.82) is 0 Å². The van der Waals surface area contributed by atoms with E-state index in [-0.39, 0.29) is 23.8 Å². The topological polar surface area (TPSA) is 78.3 Å². The molecule has 0 saturated heterocycles. The summed E-state index contributed by atoms with van der Waals surface area (Å²) in [6.45, 7) is 3.88. The Kier molecular flexibility index (Phi) is 5.68. The molecule has 0 radical (unpaired) electrons. The van der Waals surface area contributed by atoms with Crippen molar-refractivity contribution in [2.24, 2.45) is 16.9 Å². The number of nitrogens with two attached hydrogens (primary N) is 2. The molecule has 0 fully saturated rings. The zero-order valence-corrected chi connectivity index (χ0v) is 13.4. The first-order valence-electron chi connectivity index (χ1n) is 6.23. The lowest BCUT2D eigenvalue weighted by Gasteiger charge is -2.27. The summed E-state index contributed by atoms with van der Waals surface area (Å²) in [7, 11) is 1.52. The highest BCUT2D eigenvalue weighted by atomic mass is 35.5. The number of benzene rings is 1. The van der Waals surface area contributed by atoms with Gasteiger partial charge in [-0.15, -0.1) is 0 Å². The van der Waals surface area contributed by atoms with Gasteiger partial charge in [-0.1, -0.05) is 37.0 Å². The molecule has 0 saturated carbocycles. The number of methoxy groups -OCH3 is 1. The lowest BCUT2D eigenvalue weighted by molar-refractivity contribution is -0.120. The zero-order chi connectivity index (χ0) is 15.5. The van der Waals surface area contributed by atoms with Crippen LogP contribution in [0.4, 0.5) is 0 Å². The van der Waals surface area contributed by atoms with Gasteiger partial charge in [-0.05, 0) is 23.5 Å². The van der Waals surface area contributed by atoms with Gasteiger partial charge in [0.1, 0.15) is 5.75 Å². The van der Waals surface area contributed by atoms with Crippen LogP contribution in [0.5, 0.6) is 5.75 Å². The molecule has 1 amide bonds. The maximum atomic E-state index is 11.1. The molecular weight excluding hydrogens is 299 g/mol. The van der Waals surface area contributed by atoms with Crippen LogP contribution in [-0.2, 0) is 4.79 Å². The number of amides is 1. The summed E-state index contributed by atoms with van der Waals surface area (Å²) in [4.78, 5) is 11.1. The normalized spacial score (nSPS) is 13.1. The average molecular weight is 319 g/mol. The van der Waals surface area contributed by atoms with Gasteiger partial charge in [0.05, 0.1) is 12.1 Å². The second-order valence-electron chi connectivity index (χ2n) is 5.63. The van der Waals surface area contributed by atoms with Crippen LogP contribution in [-0.4, -0.2) is 13.0 Å². The number of hydrogen-bond donors (Lipinski definition) is 2. The Morgan fingerprint density at radius 3 is 2.45 bits per heavy atom. The summed E-state index contributed by atoms with van der Waals surface area (Å²) >= 11 is 12.3. The number of rotatable bonds is 6. The van der Waals surface area contributed by atoms with Crippen molar-refractivity contribution >= 4 is 29.1 Å². The first kappa shape index (κ1) is 17.1. The van der Waals surface area contributed by atoms with E-state index in [1.165, 1.54) is 7.11 Å². The highest BCUT2D eigenvalue weighted by molar-refractivity contribution is 6.34. The number of carbonyl (C=O) groups excluding carboxylic acids is 1. The fraction of sp³-hybridized carbons (Fsp3) is 0.500. The van der Waals surface area contributed by atoms with Gasteiger partial charge in [0, 0.05) is 23.6 Å². The van der Waals surface area contributed by atoms with E-state index in [1.54, 1.807) is 12.1 Å². The Bertz CT molecular complexity index is 504. The van der Waals surface area contributed by atoms with Crippen LogP contribution in [0, 0.1) is 5.41 Å². The average Bonchev–Trinajstić information content (AvgIpc) is 2.28. The third-order valence-electron chi connectivity index (χ3n) is 3.10. The van der Waals surface area contributed by atoms with Gasteiger partial charge >= 0.3 is 0 Å². The fourth-order valence-corrected chi connectivity index (χ4v) is 2.78. The number of carbonyl (C=O) groups is 1. The summed E-state index contributed by atoms with van der Waals surface area (Å²) in [5.41, 5.74) is 11.9. The highest BCUT2D eigenvalue weighted by Gasteiger charge is 2.26. The molecule has 0 aliphatic rings. The maximum absolute atomic E-state index is 11.1. The molecule has 0 aliphatic heterocycles. The predicted molar refractivity (Wildman–Crippen MR) is 82.2 cm³/mol. The Morgan fingerprint density at radius 1 is 1.35 bits per heavy atom. The molecule has 0 bridgehead atoms. The van der Waals surface area contributed by atoms with E-state index in [0.717, 1.165) is 5.56 Å². The van der Waals surface area contributed by atoms with Crippen LogP contribution in [0.2, 0.25) is 10.0 Å². The van der Waals surface area contributed by atoms with Gasteiger partial charge in [-0.2, -0.15) is 0 Å². The van der Waals surface area contributed by atoms with Crippen LogP contribution in [0.1, 0.15) is 38.3 Å². The lowest BCUT2D eigenvalue weighted by Crippen LogP contribution is -2.27. The van der Waals surface area contributed by atoms with E-state index in [0.29, 0.717) is 22.2 Å². The van der Waals surface area contributed by atoms with Gasteiger partial charge in [0.25, 0.3) is 0 Å². The number of ether oxygens (including phenoxy) is 1. The van der Waals surface area contributed by atoms with Gasteiger partial charge in [-0.25, -0.2) is 0 Å². The minimum Gasteiger partial charge on any atom is -0.495 e. The molecule has 4 N–H and O–H groups in total. The molecule has 1 rings (SSSR count). The molecular formula is C14H20Cl2N2O2. The molecule has 0 spiro atoms. The van der Waals surface area contributed by atoms with Crippen molar-refractivity contribution in [3.8, 4) is 5.75 Å². The van der Waals surface area contributed by atoms with Crippen molar-refractivity contribution in [2.45, 2.75) is 32.7 Å². The third-order valence-corrected chi connectivity index (χ3v) is 3.72. The highest BCUT2D eigenvalue weighted by Crippen LogP contribution is 2.38. The first-order chi connectivity index (χ1) is 9.16. The third kappa shape index (κ3) is 4.54. The van der Waals surface area contributed by atoms with Crippen molar-refractivity contribution < 1.29 is 9.53 Å². The zero-order valence-electron chi connectivity index (χ0n) is 11.9. The van der Waals surface area contributed by atoms with Crippen LogP contribution in [0.25, 0.3) is 0 Å². The Morgan fingerprint density at radius 2 is 1.95 bits per heavy atom. The Balaban J connectivity index is 2.95. The van der Waals surface area contributed by atoms with Crippen molar-refractivity contribution in [3.63, 3.8) is 0 Å². The molecule has 0 aliphatic carbocycles. The van der Waals surface area contributed by atoms with Crippen LogP contribution in [0.15, 0.2) is 12.1 Å². The van der Waals surface area contributed by atoms with E-state index < -0.39 is 0 Å². The van der Waals surface area contributed by atoms with Gasteiger partial charge in [0.15, 0.2) is 0 Å². The molecule has 0 aromatic heterocycles. The predicted octanol–water partition coefficient (Wildman–Crippen LogP) is 3.29. The summed E-state index contributed by atoms with van der Waals surface area (Å²) < 4.78 is 5.10. The molecule has 112 valence electrons. The van der Waals surface area contributed by atoms with Gasteiger partial charge in [0.2, 0.25) is 5.91 Å². The Hall–Kier alpha value is -0.970. The number of halogens is 2. The van der Waals surface area contributed by atoms with Crippen molar-refractivity contribution in [1.82, 2.24) is 0 Å². The van der Waals surface area contributed by atoms with E-state index in [4.69, 9.17) is 39.4 Å². The monoisotopic (exact) mass is 318 g/mol. The minimum atomic E-state index is -0.346. The Labute approximate surface area is 129 Å². The summed E-state index contributed by atoms with van der Waals surface area (Å²) in [5, 5.41) is 0.948. The van der Waals surface area contributed by atoms with E-state index >= 15 is 0 Å². The van der Waals surface area contributed by atoms with Crippen molar-refractivity contribution in [3.05, 3.63) is 27.7 Å². The standard InChI is InChI=1S/C14H20Cl2N2O2/c1-14(2,7-13(18)19)6-11(17)8-4-10(16)12(20-3)5-9(8)15/h4-5,11H,6-7,17H2,1-3H3,(H2,18,19). The van der Waals surface area contributed by atoms with Crippen LogP contribution < -0.4 is 16.2 Å². The fourth-order valence-electron chi connectivity index (χ4n) is 2.23. The number of primary amides is 1. The van der Waals surface area contributed by atoms with Gasteiger partial charge < -0.3 is 16.2 Å². The van der Waals surface area contributed by atoms with Crippen LogP contribution >= 0.6 is 23.2 Å². The molecule has 1 atom stereocenters. The largest absolute Gasteiger partial charge is 0.495 e. The molecule has 6 heteroatoms. The van der Waals surface area contributed by atoms with Crippen LogP contribution in [0.3, 0.4) is 0 Å². The second-order valence-corrected chi connectivity index (χ2v) is 6.44. The quantitative estimate of drug-likeness (QED) is 0.844. The van der Waals surface area contributed by atoms with E-state index in [9.17, 15) is 4.79 Å². The smallest absolute Gasteiger partial charge is 0.217 e. The molecule has 20 heavy (non-hydrogen) atoms. The summed E-state index contributed by atoms with van der Waals surface area (Å²) in [6, 6.07) is 3.01. The number of hydrogen-bond acceptors (Lipinski definition) is 3. The summed E-state index contributed by atoms with van der Waals surface area (Å²) in [6.07, 6.45) is 0.834. The van der Waals surface area contributed by atoms with E-state index in [2.05, 4.69) is 0 Å². The molecule has 1 unspecified atom stereocenters. The van der Waals surface area contributed by atoms with Crippen molar-refractivity contribution in [2.75, 3.05) is 7.11 Å². The molecule has 0 heterocycles. The van der Waals surface area contributed by atoms with E-state index in [1.807, 2.05) is 13.8 Å². The molecule has 4 nitrogen and oxygen atoms in total. The minimum absolute atomic E-state index is 0.266. The lowest BCUT2D eigenvalue weighted by atomic mass is 9.81. The maximum Gasteiger partial charge on any atom is 0.217 e. The van der Waals surface area contributed by atoms with Gasteiger partial charge in [-0.3, -0.25) is 4.79 Å². The SMILES string of the molecule is COc1cc(Cl)c(C(N)CC(C)(C)CC(N)=O)cc1Cl. The molecule has 1 aromatic carbocycles. The molecule has 1 aromatic rings. The first-order valence-corrected chi connectivity index (χ1v) is 6.98. The summed E-state index contributed by atoms with van der Waals surface area (Å²) in [5.74, 6) is 0.157. The second kappa shape index (κ2) is 6.66.